The van der Waals surface area contributed by atoms with Gasteiger partial charge in [-0.15, -0.1) is 11.3 Å². The lowest BCUT2D eigenvalue weighted by atomic mass is 10.2. The molecule has 0 saturated carbocycles. The van der Waals surface area contributed by atoms with E-state index in [0.29, 0.717) is 14.5 Å². The number of carbonyl (C=O) groups excluding carboxylic acids is 2. The number of rotatable bonds is 5. The van der Waals surface area contributed by atoms with Gasteiger partial charge in [-0.3, -0.25) is 4.79 Å². The van der Waals surface area contributed by atoms with Crippen molar-refractivity contribution in [3.63, 3.8) is 0 Å². The lowest BCUT2D eigenvalue weighted by Crippen LogP contribution is -2.18. The van der Waals surface area contributed by atoms with Crippen molar-refractivity contribution in [3.05, 3.63) is 86.1 Å². The normalized spacial score (nSPS) is 10.3. The lowest BCUT2D eigenvalue weighted by molar-refractivity contribution is 0.0602. The van der Waals surface area contributed by atoms with Crippen LogP contribution >= 0.6 is 38.9 Å². The Morgan fingerprint density at radius 2 is 1.91 bits per heavy atom. The Morgan fingerprint density at radius 3 is 2.60 bits per heavy atom. The number of halogens is 2. The third kappa shape index (κ3) is 5.54. The zero-order valence-electron chi connectivity index (χ0n) is 18.3. The quantitative estimate of drug-likeness (QED) is 0.262. The Kier molecular flexibility index (Phi) is 7.51. The van der Waals surface area contributed by atoms with E-state index in [-0.39, 0.29) is 22.1 Å². The molecule has 0 unspecified atom stereocenters. The summed E-state index contributed by atoms with van der Waals surface area (Å²) in [7, 11) is 2.86. The molecule has 0 fully saturated rings. The van der Waals surface area contributed by atoms with Crippen LogP contribution in [0.25, 0.3) is 5.82 Å². The highest BCUT2D eigenvalue weighted by molar-refractivity contribution is 9.10. The molecule has 0 spiro atoms. The van der Waals surface area contributed by atoms with Gasteiger partial charge in [0.15, 0.2) is 5.82 Å². The molecule has 11 heteroatoms. The number of ether oxygens (including phenoxy) is 2. The smallest absolute Gasteiger partial charge is 0.340 e. The first-order valence-electron chi connectivity index (χ1n) is 9.95. The van der Waals surface area contributed by atoms with Gasteiger partial charge in [-0.1, -0.05) is 23.4 Å². The predicted octanol–water partition coefficient (Wildman–Crippen LogP) is 5.19. The molecule has 0 aliphatic heterocycles. The van der Waals surface area contributed by atoms with Crippen LogP contribution in [0, 0.1) is 11.8 Å². The van der Waals surface area contributed by atoms with Crippen molar-refractivity contribution in [3.8, 4) is 23.4 Å². The van der Waals surface area contributed by atoms with Crippen LogP contribution in [0.3, 0.4) is 0 Å². The Morgan fingerprint density at radius 1 is 1.14 bits per heavy atom. The van der Waals surface area contributed by atoms with Crippen molar-refractivity contribution in [2.24, 2.45) is 0 Å². The number of aromatic nitrogens is 3. The maximum absolute atomic E-state index is 13.2. The van der Waals surface area contributed by atoms with Crippen LogP contribution in [-0.2, 0) is 4.74 Å². The molecule has 176 valence electrons. The molecule has 1 amide bonds. The molecule has 4 aromatic rings. The number of hydrogen-bond donors (Lipinski definition) is 1. The van der Waals surface area contributed by atoms with Crippen LogP contribution in [0.2, 0.25) is 5.02 Å². The van der Waals surface area contributed by atoms with Crippen molar-refractivity contribution in [2.75, 3.05) is 19.5 Å². The van der Waals surface area contributed by atoms with E-state index in [0.717, 1.165) is 22.6 Å². The molecule has 0 saturated heterocycles. The number of nitrogens with one attached hydrogen (secondary N) is 1. The fourth-order valence-corrected chi connectivity index (χ4v) is 4.46. The number of hydrogen-bond acceptors (Lipinski definition) is 7. The summed E-state index contributed by atoms with van der Waals surface area (Å²) < 4.78 is 11.8. The van der Waals surface area contributed by atoms with E-state index in [9.17, 15) is 9.59 Å². The fourth-order valence-electron chi connectivity index (χ4n) is 2.99. The highest BCUT2D eigenvalue weighted by Gasteiger charge is 2.23. The highest BCUT2D eigenvalue weighted by Crippen LogP contribution is 2.30. The summed E-state index contributed by atoms with van der Waals surface area (Å²) in [6, 6.07) is 13.7. The zero-order chi connectivity index (χ0) is 24.9. The van der Waals surface area contributed by atoms with Gasteiger partial charge in [0.05, 0.1) is 29.7 Å². The van der Waals surface area contributed by atoms with Gasteiger partial charge in [0.1, 0.15) is 21.0 Å². The Balaban J connectivity index is 1.65. The third-order valence-corrected chi connectivity index (χ3v) is 6.28. The van der Waals surface area contributed by atoms with Crippen molar-refractivity contribution in [1.29, 1.82) is 0 Å². The number of pyridine rings is 1. The second kappa shape index (κ2) is 10.7. The molecular weight excluding hydrogens is 556 g/mol. The van der Waals surface area contributed by atoms with Crippen LogP contribution in [0.15, 0.2) is 59.3 Å². The van der Waals surface area contributed by atoms with E-state index in [1.165, 1.54) is 17.9 Å². The second-order valence-corrected chi connectivity index (χ2v) is 9.12. The molecule has 8 nitrogen and oxygen atoms in total. The van der Waals surface area contributed by atoms with Gasteiger partial charge in [0.25, 0.3) is 5.91 Å². The van der Waals surface area contributed by atoms with Crippen molar-refractivity contribution in [1.82, 2.24) is 14.8 Å². The van der Waals surface area contributed by atoms with Crippen molar-refractivity contribution >= 4 is 55.7 Å². The molecule has 3 heterocycles. The Hall–Kier alpha value is -3.65. The summed E-state index contributed by atoms with van der Waals surface area (Å²) in [4.78, 5) is 30.3. The van der Waals surface area contributed by atoms with Gasteiger partial charge in [0.2, 0.25) is 0 Å². The van der Waals surface area contributed by atoms with Gasteiger partial charge in [0, 0.05) is 17.8 Å². The van der Waals surface area contributed by atoms with E-state index in [1.54, 1.807) is 43.6 Å². The van der Waals surface area contributed by atoms with Crippen molar-refractivity contribution < 1.29 is 19.1 Å². The van der Waals surface area contributed by atoms with Gasteiger partial charge in [-0.2, -0.15) is 5.10 Å². The standard InChI is InChI=1S/C24H16BrClN4O4S/c1-33-15-8-5-14(6-9-15)7-10-16-12-17(24(32)34-2)23(35-16)28-22(31)19-13-20(25)29-30(19)21-18(26)4-3-11-27-21/h3-6,8-9,11-13H,1-2H3,(H,28,31). The molecule has 4 rings (SSSR count). The van der Waals surface area contributed by atoms with Gasteiger partial charge in [-0.05, 0) is 58.4 Å². The van der Waals surface area contributed by atoms with Crippen LogP contribution in [-0.4, -0.2) is 40.9 Å². The minimum absolute atomic E-state index is 0.160. The minimum atomic E-state index is -0.600. The zero-order valence-corrected chi connectivity index (χ0v) is 21.5. The van der Waals surface area contributed by atoms with Gasteiger partial charge >= 0.3 is 5.97 Å². The molecule has 1 N–H and O–H groups in total. The monoisotopic (exact) mass is 570 g/mol. The van der Waals surface area contributed by atoms with Gasteiger partial charge < -0.3 is 14.8 Å². The number of anilines is 1. The number of methoxy groups -OCH3 is 2. The summed E-state index contributed by atoms with van der Waals surface area (Å²) in [6.45, 7) is 0. The van der Waals surface area contributed by atoms with E-state index in [2.05, 4.69) is 43.2 Å². The van der Waals surface area contributed by atoms with E-state index in [4.69, 9.17) is 21.1 Å². The molecule has 3 aromatic heterocycles. The number of thiophene rings is 1. The molecular formula is C24H16BrClN4O4S. The SMILES string of the molecule is COC(=O)c1cc(C#Cc2ccc(OC)cc2)sc1NC(=O)c1cc(Br)nn1-c1ncccc1Cl. The Labute approximate surface area is 218 Å². The molecule has 0 radical (unpaired) electrons. The number of amides is 1. The first kappa shape index (κ1) is 24.5. The van der Waals surface area contributed by atoms with E-state index in [1.807, 2.05) is 12.1 Å². The van der Waals surface area contributed by atoms with E-state index < -0.39 is 11.9 Å². The minimum Gasteiger partial charge on any atom is -0.497 e. The number of benzene rings is 1. The summed E-state index contributed by atoms with van der Waals surface area (Å²) in [5.74, 6) is 5.94. The maximum Gasteiger partial charge on any atom is 0.340 e. The predicted molar refractivity (Wildman–Crippen MR) is 137 cm³/mol. The average Bonchev–Trinajstić information content (AvgIpc) is 3.46. The number of carbonyl (C=O) groups is 2. The molecule has 1 aromatic carbocycles. The van der Waals surface area contributed by atoms with E-state index >= 15 is 0 Å². The molecule has 0 bridgehead atoms. The topological polar surface area (TPSA) is 95.3 Å². The fraction of sp³-hybridized carbons (Fsp3) is 0.0833. The Bertz CT molecular complexity index is 1470. The lowest BCUT2D eigenvalue weighted by Gasteiger charge is -2.08. The summed E-state index contributed by atoms with van der Waals surface area (Å²) in [6.07, 6.45) is 1.54. The van der Waals surface area contributed by atoms with Crippen molar-refractivity contribution in [2.45, 2.75) is 0 Å². The van der Waals surface area contributed by atoms with Crippen LogP contribution < -0.4 is 10.1 Å². The largest absolute Gasteiger partial charge is 0.497 e. The molecule has 0 atom stereocenters. The molecule has 35 heavy (non-hydrogen) atoms. The van der Waals surface area contributed by atoms with Crippen LogP contribution in [0.1, 0.15) is 31.3 Å². The van der Waals surface area contributed by atoms with Crippen LogP contribution in [0.4, 0.5) is 5.00 Å². The van der Waals surface area contributed by atoms with Gasteiger partial charge in [-0.25, -0.2) is 14.5 Å². The first-order chi connectivity index (χ1) is 16.9. The number of nitrogens with zero attached hydrogens (tertiary/aromatic N) is 3. The maximum atomic E-state index is 13.2. The third-order valence-electron chi connectivity index (χ3n) is 4.64. The molecule has 0 aliphatic rings. The molecule has 0 aliphatic carbocycles. The second-order valence-electron chi connectivity index (χ2n) is 6.85. The average molecular weight is 572 g/mol. The highest BCUT2D eigenvalue weighted by atomic mass is 79.9. The number of esters is 1. The first-order valence-corrected chi connectivity index (χ1v) is 11.9. The summed E-state index contributed by atoms with van der Waals surface area (Å²) in [5.41, 5.74) is 1.11. The summed E-state index contributed by atoms with van der Waals surface area (Å²) in [5, 5.41) is 7.63. The van der Waals surface area contributed by atoms with Crippen LogP contribution in [0.5, 0.6) is 5.75 Å². The summed E-state index contributed by atoms with van der Waals surface area (Å²) >= 11 is 10.7.